The number of aromatic nitrogens is 8. The zero-order chi connectivity index (χ0) is 58.7. The number of carboxylic acid groups (broad SMARTS) is 1. The number of nitrogens with two attached hydrogens (primary N) is 2. The number of hydrogen-bond acceptors (Lipinski definition) is 13. The Kier molecular flexibility index (Phi) is 17.2. The number of nitrogens with zero attached hydrogens (tertiary/aromatic N) is 10. The van der Waals surface area contributed by atoms with E-state index in [-0.39, 0.29) is 16.7 Å². The first kappa shape index (κ1) is 56.3. The van der Waals surface area contributed by atoms with Crippen molar-refractivity contribution < 1.29 is 33.1 Å². The molecule has 0 saturated carbocycles. The highest BCUT2D eigenvalue weighted by Gasteiger charge is 2.25. The number of pyridine rings is 3. The van der Waals surface area contributed by atoms with Gasteiger partial charge in [-0.15, -0.1) is 11.3 Å². The molecule has 0 aliphatic carbocycles. The highest BCUT2D eigenvalue weighted by molar-refractivity contribution is 7.17. The second kappa shape index (κ2) is 25.6. The molecule has 18 nitrogen and oxygen atoms in total. The predicted octanol–water partition coefficient (Wildman–Crippen LogP) is 11.6. The van der Waals surface area contributed by atoms with Crippen LogP contribution in [0.25, 0.3) is 55.2 Å². The Bertz CT molecular complexity index is 4270. The van der Waals surface area contributed by atoms with Crippen molar-refractivity contribution >= 4 is 74.4 Å². The number of nitrogen functional groups attached to an aromatic ring is 1. The number of amides is 3. The van der Waals surface area contributed by atoms with Gasteiger partial charge in [0.1, 0.15) is 10.7 Å². The molecule has 418 valence electrons. The van der Waals surface area contributed by atoms with Crippen LogP contribution in [0.5, 0.6) is 0 Å². The topological polar surface area (TPSA) is 247 Å². The molecule has 0 bridgehead atoms. The molecule has 0 aliphatic heterocycles. The average molecular weight is 1140 g/mol. The zero-order valence-electron chi connectivity index (χ0n) is 45.4. The average Bonchev–Trinajstić information content (AvgIpc) is 3.76. The third-order valence-electron chi connectivity index (χ3n) is 13.6. The van der Waals surface area contributed by atoms with Gasteiger partial charge in [0.25, 0.3) is 11.8 Å². The largest absolute Gasteiger partial charge is 0.477 e. The summed E-state index contributed by atoms with van der Waals surface area (Å²) in [6.07, 6.45) is 9.23. The van der Waals surface area contributed by atoms with Crippen molar-refractivity contribution in [1.29, 1.82) is 0 Å². The van der Waals surface area contributed by atoms with Gasteiger partial charge in [-0.3, -0.25) is 24.4 Å². The monoisotopic (exact) mass is 1140 g/mol. The van der Waals surface area contributed by atoms with Crippen molar-refractivity contribution in [1.82, 2.24) is 39.0 Å². The van der Waals surface area contributed by atoms with E-state index >= 15 is 0 Å². The van der Waals surface area contributed by atoms with Crippen LogP contribution in [0, 0.1) is 5.95 Å². The molecule has 0 spiro atoms. The summed E-state index contributed by atoms with van der Waals surface area (Å²) < 4.78 is 22.4. The van der Waals surface area contributed by atoms with Crippen molar-refractivity contribution in [2.75, 3.05) is 29.6 Å². The minimum Gasteiger partial charge on any atom is -0.477 e. The number of carbonyl (C=O) groups excluding carboxylic acids is 3. The maximum atomic E-state index is 13.2. The number of oxazole rings is 1. The van der Waals surface area contributed by atoms with Crippen LogP contribution < -0.4 is 21.3 Å². The van der Waals surface area contributed by atoms with Crippen molar-refractivity contribution in [3.8, 4) is 33.2 Å². The quantitative estimate of drug-likeness (QED) is 0.0809. The van der Waals surface area contributed by atoms with Crippen molar-refractivity contribution in [2.24, 2.45) is 5.73 Å². The summed E-state index contributed by atoms with van der Waals surface area (Å²) in [5.41, 5.74) is 22.0. The number of hydrogen-bond donors (Lipinski definition) is 3. The fourth-order valence-corrected chi connectivity index (χ4v) is 10.2. The molecule has 0 aliphatic rings. The molecule has 12 aromatic rings. The van der Waals surface area contributed by atoms with Crippen LogP contribution in [0.4, 0.5) is 21.7 Å². The number of carboxylic acids is 1. The minimum atomic E-state index is -0.972. The highest BCUT2D eigenvalue weighted by Crippen LogP contribution is 2.38. The number of rotatable bonds is 15. The number of primary amides is 1. The van der Waals surface area contributed by atoms with E-state index in [9.17, 15) is 23.6 Å². The molecule has 84 heavy (non-hydrogen) atoms. The second-order valence-corrected chi connectivity index (χ2v) is 20.0. The van der Waals surface area contributed by atoms with E-state index < -0.39 is 17.8 Å². The Morgan fingerprint density at radius 1 is 0.631 bits per heavy atom. The summed E-state index contributed by atoms with van der Waals surface area (Å²) in [5, 5.41) is 8.72. The Morgan fingerprint density at radius 3 is 1.75 bits per heavy atom. The summed E-state index contributed by atoms with van der Waals surface area (Å²) in [7, 11) is 3.50. The molecule has 0 radical (unpaired) electrons. The number of imidazole rings is 2. The predicted molar refractivity (Wildman–Crippen MR) is 322 cm³/mol. The first-order valence-electron chi connectivity index (χ1n) is 26.3. The lowest BCUT2D eigenvalue weighted by atomic mass is 9.98. The molecule has 0 atom stereocenters. The third kappa shape index (κ3) is 12.8. The normalized spacial score (nSPS) is 10.8. The molecule has 0 saturated heterocycles. The van der Waals surface area contributed by atoms with E-state index in [1.807, 2.05) is 132 Å². The summed E-state index contributed by atoms with van der Waals surface area (Å²) >= 11 is 1.11. The number of thiophene rings is 1. The third-order valence-corrected chi connectivity index (χ3v) is 14.8. The van der Waals surface area contributed by atoms with E-state index in [2.05, 4.69) is 29.5 Å². The molecule has 5 N–H and O–H groups in total. The Balaban J connectivity index is 0.000000157. The van der Waals surface area contributed by atoms with E-state index in [1.165, 1.54) is 24.7 Å². The highest BCUT2D eigenvalue weighted by atomic mass is 32.1. The molecule has 5 aromatic carbocycles. The summed E-state index contributed by atoms with van der Waals surface area (Å²) in [4.78, 5) is 79.1. The van der Waals surface area contributed by atoms with Crippen molar-refractivity contribution in [3.63, 3.8) is 0 Å². The summed E-state index contributed by atoms with van der Waals surface area (Å²) in [6.45, 7) is 1.22. The molecule has 0 unspecified atom stereocenters. The minimum absolute atomic E-state index is 0.0671. The van der Waals surface area contributed by atoms with E-state index in [0.717, 1.165) is 51.4 Å². The van der Waals surface area contributed by atoms with E-state index in [4.69, 9.17) is 26.0 Å². The molecule has 12 rings (SSSR count). The fraction of sp³-hybridized carbons (Fsp3) is 0.0938. The van der Waals surface area contributed by atoms with Gasteiger partial charge in [-0.1, -0.05) is 60.7 Å². The Labute approximate surface area is 484 Å². The Morgan fingerprint density at radius 2 is 1.21 bits per heavy atom. The van der Waals surface area contributed by atoms with Crippen LogP contribution in [-0.2, 0) is 25.9 Å². The number of carbonyl (C=O) groups is 4. The van der Waals surface area contributed by atoms with Gasteiger partial charge >= 0.3 is 5.97 Å². The maximum Gasteiger partial charge on any atom is 0.345 e. The van der Waals surface area contributed by atoms with Crippen molar-refractivity contribution in [2.45, 2.75) is 25.9 Å². The van der Waals surface area contributed by atoms with Gasteiger partial charge in [0.15, 0.2) is 12.2 Å². The number of benzene rings is 5. The van der Waals surface area contributed by atoms with Crippen LogP contribution in [0.2, 0.25) is 0 Å². The molecular formula is C64H53FN12O6S. The first-order chi connectivity index (χ1) is 40.8. The number of aryl methyl sites for hydroxylation is 4. The van der Waals surface area contributed by atoms with Crippen LogP contribution in [0.15, 0.2) is 212 Å². The van der Waals surface area contributed by atoms with Gasteiger partial charge in [0.2, 0.25) is 17.8 Å². The van der Waals surface area contributed by atoms with Crippen molar-refractivity contribution in [3.05, 3.63) is 246 Å². The lowest BCUT2D eigenvalue weighted by molar-refractivity contribution is 0.0701. The van der Waals surface area contributed by atoms with Crippen LogP contribution in [0.3, 0.4) is 0 Å². The molecule has 7 aromatic heterocycles. The van der Waals surface area contributed by atoms with Gasteiger partial charge in [-0.25, -0.2) is 24.7 Å². The number of halogens is 1. The number of aromatic carboxylic acids is 1. The standard InChI is InChI=1S/C32H26N6O3.C22H21N5O.C10H6FNO2S/c1-37(32(40)21-8-3-2-4-9-21)23-13-14-27-26(18-23)36-31(38(27)17-15-22-10-5-6-16-35-22)29-24(28-19-34-20-41-28)11-7-12-25(29)30(33)39;1-26(21(28)16-7-3-2-4-8-16)18-10-11-20-19(15-18)25-22(23)27(20)14-12-17-9-5-6-13-24-17;11-9-5-6(3-4-12-9)7-1-2-8(15-7)10(13)14/h2-14,16,18-20H,15,17H2,1H3,(H2,33,39);2-11,13,15H,12,14H2,1H3,(H2,23,25);1-5H,(H,13,14). The molecule has 20 heteroatoms. The first-order valence-corrected chi connectivity index (χ1v) is 27.1. The van der Waals surface area contributed by atoms with Gasteiger partial charge in [-0.05, 0) is 115 Å². The smallest absolute Gasteiger partial charge is 0.345 e. The molecule has 7 heterocycles. The lowest BCUT2D eigenvalue weighted by Crippen LogP contribution is -2.26. The second-order valence-electron chi connectivity index (χ2n) is 19.0. The van der Waals surface area contributed by atoms with Crippen LogP contribution >= 0.6 is 11.3 Å². The van der Waals surface area contributed by atoms with Crippen LogP contribution in [0.1, 0.15) is 52.1 Å². The summed E-state index contributed by atoms with van der Waals surface area (Å²) in [6, 6.07) is 52.8. The van der Waals surface area contributed by atoms with Gasteiger partial charge in [0.05, 0.1) is 33.8 Å². The SMILES string of the molecule is CN(C(=O)c1ccccc1)c1ccc2c(c1)nc(-c1c(C(N)=O)cccc1-c1cnco1)n2CCc1ccccn1.CN(C(=O)c1ccccc1)c1ccc2c(c1)nc(N)n2CCc1ccccn1.O=C(O)c1ccc(-c2ccnc(F)c2)s1. The Hall–Kier alpha value is -11.0. The lowest BCUT2D eigenvalue weighted by Gasteiger charge is -2.17. The van der Waals surface area contributed by atoms with E-state index in [0.29, 0.717) is 86.5 Å². The van der Waals surface area contributed by atoms with Gasteiger partial charge < -0.3 is 39.9 Å². The molecule has 0 fully saturated rings. The zero-order valence-corrected chi connectivity index (χ0v) is 46.2. The summed E-state index contributed by atoms with van der Waals surface area (Å²) in [5.74, 6) is -0.836. The fourth-order valence-electron chi connectivity index (χ4n) is 9.37. The van der Waals surface area contributed by atoms with E-state index in [1.54, 1.807) is 78.9 Å². The van der Waals surface area contributed by atoms with Crippen LogP contribution in [-0.4, -0.2) is 81.9 Å². The number of fused-ring (bicyclic) bond motifs is 2. The number of anilines is 3. The van der Waals surface area contributed by atoms with Gasteiger partial charge in [-0.2, -0.15) is 4.39 Å². The van der Waals surface area contributed by atoms with Gasteiger partial charge in [0, 0.05) is 115 Å². The molecule has 3 amide bonds. The maximum absolute atomic E-state index is 13.2. The molecular weight excluding hydrogens is 1080 g/mol.